The quantitative estimate of drug-likeness (QED) is 0.816. The molecule has 0 aromatic rings. The van der Waals surface area contributed by atoms with Gasteiger partial charge in [0, 0.05) is 18.1 Å². The Balaban J connectivity index is 1.61. The number of alkyl carbamates (subject to hydrolysis) is 1. The molecule has 2 fully saturated rings. The van der Waals surface area contributed by atoms with Crippen molar-refractivity contribution in [3.8, 4) is 0 Å². The molecule has 4 heteroatoms. The summed E-state index contributed by atoms with van der Waals surface area (Å²) >= 11 is 0. The van der Waals surface area contributed by atoms with E-state index in [0.29, 0.717) is 17.5 Å². The van der Waals surface area contributed by atoms with E-state index < -0.39 is 5.60 Å². The number of rotatable bonds is 3. The zero-order valence-electron chi connectivity index (χ0n) is 15.9. The highest BCUT2D eigenvalue weighted by atomic mass is 16.6. The van der Waals surface area contributed by atoms with E-state index in [1.807, 2.05) is 20.8 Å². The summed E-state index contributed by atoms with van der Waals surface area (Å²) in [6.45, 7) is 12.8. The number of amides is 1. The fourth-order valence-electron chi connectivity index (χ4n) is 3.81. The van der Waals surface area contributed by atoms with Crippen molar-refractivity contribution in [1.29, 1.82) is 0 Å². The summed E-state index contributed by atoms with van der Waals surface area (Å²) in [6, 6.07) is 1.50. The van der Waals surface area contributed by atoms with Crippen LogP contribution in [0.3, 0.4) is 0 Å². The van der Waals surface area contributed by atoms with Crippen LogP contribution < -0.4 is 10.6 Å². The van der Waals surface area contributed by atoms with E-state index in [-0.39, 0.29) is 12.1 Å². The normalized spacial score (nSPS) is 32.1. The minimum atomic E-state index is -0.419. The largest absolute Gasteiger partial charge is 0.444 e. The average molecular weight is 325 g/mol. The molecule has 0 atom stereocenters. The molecule has 1 amide bonds. The molecule has 0 saturated heterocycles. The van der Waals surface area contributed by atoms with Gasteiger partial charge in [-0.3, -0.25) is 0 Å². The summed E-state index contributed by atoms with van der Waals surface area (Å²) in [5, 5.41) is 6.75. The van der Waals surface area contributed by atoms with Crippen LogP contribution in [0.1, 0.15) is 80.1 Å². The minimum Gasteiger partial charge on any atom is -0.444 e. The molecule has 134 valence electrons. The molecule has 0 aliphatic heterocycles. The van der Waals surface area contributed by atoms with E-state index in [1.54, 1.807) is 0 Å². The zero-order valence-corrected chi connectivity index (χ0v) is 15.9. The molecule has 0 bridgehead atoms. The molecule has 0 heterocycles. The number of ether oxygens (including phenoxy) is 1. The molecular weight excluding hydrogens is 288 g/mol. The second-order valence-electron chi connectivity index (χ2n) is 9.59. The molecule has 0 spiro atoms. The van der Waals surface area contributed by atoms with Gasteiger partial charge in [0.2, 0.25) is 0 Å². The van der Waals surface area contributed by atoms with E-state index in [2.05, 4.69) is 31.4 Å². The van der Waals surface area contributed by atoms with E-state index in [9.17, 15) is 4.79 Å². The second-order valence-corrected chi connectivity index (χ2v) is 9.59. The third-order valence-corrected chi connectivity index (χ3v) is 5.28. The summed E-state index contributed by atoms with van der Waals surface area (Å²) in [6.07, 6.45) is 7.04. The van der Waals surface area contributed by atoms with Crippen LogP contribution in [0, 0.1) is 11.3 Å². The molecular formula is C19H36N2O2. The number of hydrogen-bond donors (Lipinski definition) is 2. The van der Waals surface area contributed by atoms with Gasteiger partial charge in [-0.2, -0.15) is 0 Å². The Kier molecular flexibility index (Phi) is 5.65. The topological polar surface area (TPSA) is 50.4 Å². The maximum atomic E-state index is 11.7. The Morgan fingerprint density at radius 3 is 1.91 bits per heavy atom. The monoisotopic (exact) mass is 324 g/mol. The highest BCUT2D eigenvalue weighted by Gasteiger charge is 2.35. The van der Waals surface area contributed by atoms with Crippen LogP contribution in [0.15, 0.2) is 0 Å². The summed E-state index contributed by atoms with van der Waals surface area (Å²) in [5.74, 6) is 0.864. The highest BCUT2D eigenvalue weighted by molar-refractivity contribution is 5.68. The van der Waals surface area contributed by atoms with Crippen LogP contribution in [0.5, 0.6) is 0 Å². The molecule has 23 heavy (non-hydrogen) atoms. The first-order valence-corrected chi connectivity index (χ1v) is 9.28. The first kappa shape index (κ1) is 18.6. The lowest BCUT2D eigenvalue weighted by Gasteiger charge is -2.42. The Bertz CT molecular complexity index is 395. The van der Waals surface area contributed by atoms with Crippen molar-refractivity contribution < 1.29 is 9.53 Å². The SMILES string of the molecule is CC(C)(C)OC(=O)NC1CC(NC2CCC(C(C)(C)C)CC2)C1. The van der Waals surface area contributed by atoms with Gasteiger partial charge in [-0.1, -0.05) is 20.8 Å². The number of hydrogen-bond acceptors (Lipinski definition) is 3. The van der Waals surface area contributed by atoms with Crippen LogP contribution >= 0.6 is 0 Å². The van der Waals surface area contributed by atoms with Crippen molar-refractivity contribution in [2.24, 2.45) is 11.3 Å². The Hall–Kier alpha value is -0.770. The number of nitrogens with one attached hydrogen (secondary N) is 2. The second kappa shape index (κ2) is 7.00. The van der Waals surface area contributed by atoms with Gasteiger partial charge in [0.05, 0.1) is 0 Å². The lowest BCUT2D eigenvalue weighted by molar-refractivity contribution is 0.0459. The summed E-state index contributed by atoms with van der Waals surface area (Å²) < 4.78 is 5.30. The summed E-state index contributed by atoms with van der Waals surface area (Å²) in [7, 11) is 0. The first-order chi connectivity index (χ1) is 10.5. The van der Waals surface area contributed by atoms with Gasteiger partial charge in [-0.25, -0.2) is 4.79 Å². The maximum absolute atomic E-state index is 11.7. The van der Waals surface area contributed by atoms with Crippen molar-refractivity contribution >= 4 is 6.09 Å². The Morgan fingerprint density at radius 2 is 1.43 bits per heavy atom. The van der Waals surface area contributed by atoms with Crippen LogP contribution in [-0.2, 0) is 4.74 Å². The fourth-order valence-corrected chi connectivity index (χ4v) is 3.81. The molecule has 2 rings (SSSR count). The third kappa shape index (κ3) is 5.98. The van der Waals surface area contributed by atoms with E-state index in [4.69, 9.17) is 4.74 Å². The van der Waals surface area contributed by atoms with Gasteiger partial charge < -0.3 is 15.4 Å². The zero-order chi connectivity index (χ0) is 17.3. The van der Waals surface area contributed by atoms with Crippen molar-refractivity contribution in [1.82, 2.24) is 10.6 Å². The van der Waals surface area contributed by atoms with E-state index in [1.165, 1.54) is 25.7 Å². The standard InChI is InChI=1S/C19H36N2O2/c1-18(2,3)13-7-9-14(10-8-13)20-15-11-16(12-15)21-17(22)23-19(4,5)6/h13-16,20H,7-12H2,1-6H3,(H,21,22). The molecule has 2 saturated carbocycles. The molecule has 4 nitrogen and oxygen atoms in total. The van der Waals surface area contributed by atoms with Gasteiger partial charge >= 0.3 is 6.09 Å². The van der Waals surface area contributed by atoms with Gasteiger partial charge in [0.25, 0.3) is 0 Å². The molecule has 0 radical (unpaired) electrons. The number of carbonyl (C=O) groups is 1. The van der Waals surface area contributed by atoms with Crippen LogP contribution in [-0.4, -0.2) is 29.8 Å². The van der Waals surface area contributed by atoms with Gasteiger partial charge in [-0.05, 0) is 70.6 Å². The van der Waals surface area contributed by atoms with Crippen molar-refractivity contribution in [3.63, 3.8) is 0 Å². The van der Waals surface area contributed by atoms with E-state index >= 15 is 0 Å². The van der Waals surface area contributed by atoms with Crippen molar-refractivity contribution in [3.05, 3.63) is 0 Å². The average Bonchev–Trinajstić information content (AvgIpc) is 2.33. The van der Waals surface area contributed by atoms with Crippen molar-refractivity contribution in [2.75, 3.05) is 0 Å². The first-order valence-electron chi connectivity index (χ1n) is 9.28. The van der Waals surface area contributed by atoms with Gasteiger partial charge in [-0.15, -0.1) is 0 Å². The van der Waals surface area contributed by atoms with Gasteiger partial charge in [0.15, 0.2) is 0 Å². The predicted octanol–water partition coefficient (Wildman–Crippen LogP) is 4.24. The molecule has 2 N–H and O–H groups in total. The predicted molar refractivity (Wildman–Crippen MR) is 94.5 cm³/mol. The smallest absolute Gasteiger partial charge is 0.407 e. The molecule has 2 aliphatic rings. The lowest BCUT2D eigenvalue weighted by Crippen LogP contribution is -2.55. The lowest BCUT2D eigenvalue weighted by atomic mass is 9.71. The minimum absolute atomic E-state index is 0.272. The maximum Gasteiger partial charge on any atom is 0.407 e. The van der Waals surface area contributed by atoms with Crippen LogP contribution in [0.25, 0.3) is 0 Å². The molecule has 0 aromatic heterocycles. The van der Waals surface area contributed by atoms with E-state index in [0.717, 1.165) is 18.8 Å². The molecule has 0 aromatic carbocycles. The number of carbonyl (C=O) groups excluding carboxylic acids is 1. The van der Waals surface area contributed by atoms with Gasteiger partial charge in [0.1, 0.15) is 5.60 Å². The molecule has 2 aliphatic carbocycles. The highest BCUT2D eigenvalue weighted by Crippen LogP contribution is 2.38. The summed E-state index contributed by atoms with van der Waals surface area (Å²) in [5.41, 5.74) is 0.0288. The van der Waals surface area contributed by atoms with Crippen LogP contribution in [0.4, 0.5) is 4.79 Å². The Morgan fingerprint density at radius 1 is 0.870 bits per heavy atom. The van der Waals surface area contributed by atoms with Crippen LogP contribution in [0.2, 0.25) is 0 Å². The third-order valence-electron chi connectivity index (χ3n) is 5.28. The Labute approximate surface area is 142 Å². The fraction of sp³-hybridized carbons (Fsp3) is 0.947. The molecule has 0 unspecified atom stereocenters. The summed E-state index contributed by atoms with van der Waals surface area (Å²) in [4.78, 5) is 11.7. The van der Waals surface area contributed by atoms with Crippen molar-refractivity contribution in [2.45, 2.75) is 104 Å².